The van der Waals surface area contributed by atoms with Gasteiger partial charge in [0.2, 0.25) is 0 Å². The zero-order valence-corrected chi connectivity index (χ0v) is 9.61. The fourth-order valence-corrected chi connectivity index (χ4v) is 2.50. The monoisotopic (exact) mass is 215 g/mol. The highest BCUT2D eigenvalue weighted by Crippen LogP contribution is 2.39. The molecule has 84 valence electrons. The standard InChI is InChI=1S/C14H17NO/c1-11-3-2-4-12(9-11)14(10-15)7-5-13(16)6-8-14/h2-4,9,13,16H,5-8H2,1H3. The van der Waals surface area contributed by atoms with E-state index in [4.69, 9.17) is 0 Å². The molecule has 0 spiro atoms. The van der Waals surface area contributed by atoms with E-state index >= 15 is 0 Å². The van der Waals surface area contributed by atoms with Crippen LogP contribution in [0, 0.1) is 18.3 Å². The van der Waals surface area contributed by atoms with E-state index in [1.165, 1.54) is 5.56 Å². The average Bonchev–Trinajstić information content (AvgIpc) is 2.31. The lowest BCUT2D eigenvalue weighted by molar-refractivity contribution is 0.109. The van der Waals surface area contributed by atoms with Gasteiger partial charge in [-0.2, -0.15) is 5.26 Å². The van der Waals surface area contributed by atoms with E-state index in [0.29, 0.717) is 0 Å². The van der Waals surface area contributed by atoms with E-state index in [9.17, 15) is 10.4 Å². The molecule has 0 bridgehead atoms. The van der Waals surface area contributed by atoms with Gasteiger partial charge in [0.15, 0.2) is 0 Å². The topological polar surface area (TPSA) is 44.0 Å². The van der Waals surface area contributed by atoms with Crippen LogP contribution in [0.2, 0.25) is 0 Å². The van der Waals surface area contributed by atoms with Crippen molar-refractivity contribution in [3.05, 3.63) is 35.4 Å². The van der Waals surface area contributed by atoms with Crippen molar-refractivity contribution in [2.24, 2.45) is 0 Å². The summed E-state index contributed by atoms with van der Waals surface area (Å²) in [5.74, 6) is 0. The second-order valence-corrected chi connectivity index (χ2v) is 4.79. The van der Waals surface area contributed by atoms with Crippen molar-refractivity contribution in [3.63, 3.8) is 0 Å². The molecule has 1 saturated carbocycles. The number of benzene rings is 1. The first-order valence-corrected chi connectivity index (χ1v) is 5.83. The molecule has 0 amide bonds. The van der Waals surface area contributed by atoms with E-state index in [1.807, 2.05) is 25.1 Å². The molecule has 0 saturated heterocycles. The zero-order chi connectivity index (χ0) is 11.6. The second-order valence-electron chi connectivity index (χ2n) is 4.79. The normalized spacial score (nSPS) is 29.7. The summed E-state index contributed by atoms with van der Waals surface area (Å²) in [5, 5.41) is 19.0. The summed E-state index contributed by atoms with van der Waals surface area (Å²) >= 11 is 0. The highest BCUT2D eigenvalue weighted by atomic mass is 16.3. The first-order valence-electron chi connectivity index (χ1n) is 5.83. The maximum Gasteiger partial charge on any atom is 0.0824 e. The molecule has 1 aliphatic carbocycles. The van der Waals surface area contributed by atoms with Gasteiger partial charge in [0.1, 0.15) is 0 Å². The summed E-state index contributed by atoms with van der Waals surface area (Å²) in [5.41, 5.74) is 1.94. The van der Waals surface area contributed by atoms with Crippen LogP contribution in [-0.2, 0) is 5.41 Å². The number of aliphatic hydroxyl groups excluding tert-OH is 1. The molecule has 0 aliphatic heterocycles. The molecular weight excluding hydrogens is 198 g/mol. The fourth-order valence-electron chi connectivity index (χ4n) is 2.50. The van der Waals surface area contributed by atoms with Gasteiger partial charge < -0.3 is 5.11 Å². The Balaban J connectivity index is 2.32. The van der Waals surface area contributed by atoms with Gasteiger partial charge in [-0.15, -0.1) is 0 Å². The molecule has 16 heavy (non-hydrogen) atoms. The Labute approximate surface area is 96.5 Å². The number of aryl methyl sites for hydroxylation is 1. The van der Waals surface area contributed by atoms with Gasteiger partial charge in [0.05, 0.1) is 17.6 Å². The Morgan fingerprint density at radius 3 is 2.62 bits per heavy atom. The van der Waals surface area contributed by atoms with Crippen LogP contribution in [0.3, 0.4) is 0 Å². The van der Waals surface area contributed by atoms with Crippen LogP contribution in [0.25, 0.3) is 0 Å². The van der Waals surface area contributed by atoms with Gasteiger partial charge in [-0.3, -0.25) is 0 Å². The van der Waals surface area contributed by atoms with E-state index in [1.54, 1.807) is 0 Å². The maximum absolute atomic E-state index is 9.53. The summed E-state index contributed by atoms with van der Waals surface area (Å²) in [7, 11) is 0. The quantitative estimate of drug-likeness (QED) is 0.782. The van der Waals surface area contributed by atoms with Crippen LogP contribution in [0.5, 0.6) is 0 Å². The fraction of sp³-hybridized carbons (Fsp3) is 0.500. The smallest absolute Gasteiger partial charge is 0.0824 e. The summed E-state index contributed by atoms with van der Waals surface area (Å²) in [4.78, 5) is 0. The molecule has 0 radical (unpaired) electrons. The van der Waals surface area contributed by atoms with Crippen LogP contribution < -0.4 is 0 Å². The maximum atomic E-state index is 9.53. The van der Waals surface area contributed by atoms with Crippen LogP contribution >= 0.6 is 0 Å². The molecule has 1 aromatic carbocycles. The molecule has 2 nitrogen and oxygen atoms in total. The van der Waals surface area contributed by atoms with Crippen LogP contribution in [-0.4, -0.2) is 11.2 Å². The molecule has 0 atom stereocenters. The van der Waals surface area contributed by atoms with E-state index in [0.717, 1.165) is 31.2 Å². The number of hydrogen-bond acceptors (Lipinski definition) is 2. The highest BCUT2D eigenvalue weighted by molar-refractivity contribution is 5.35. The SMILES string of the molecule is Cc1cccc(C2(C#N)CCC(O)CC2)c1. The van der Waals surface area contributed by atoms with Crippen molar-refractivity contribution in [2.75, 3.05) is 0 Å². The summed E-state index contributed by atoms with van der Waals surface area (Å²) in [6, 6.07) is 10.7. The van der Waals surface area contributed by atoms with Gasteiger partial charge in [-0.1, -0.05) is 29.8 Å². The molecule has 1 aliphatic rings. The van der Waals surface area contributed by atoms with Crippen LogP contribution in [0.4, 0.5) is 0 Å². The minimum absolute atomic E-state index is 0.216. The lowest BCUT2D eigenvalue weighted by atomic mass is 9.69. The summed E-state index contributed by atoms with van der Waals surface area (Å²) in [6.45, 7) is 2.05. The number of aliphatic hydroxyl groups is 1. The number of rotatable bonds is 1. The van der Waals surface area contributed by atoms with Crippen molar-refractivity contribution in [1.29, 1.82) is 5.26 Å². The molecular formula is C14H17NO. The Morgan fingerprint density at radius 2 is 2.06 bits per heavy atom. The third-order valence-electron chi connectivity index (χ3n) is 3.59. The lowest BCUT2D eigenvalue weighted by Gasteiger charge is -2.33. The molecule has 1 aromatic rings. The minimum Gasteiger partial charge on any atom is -0.393 e. The Hall–Kier alpha value is -1.33. The minimum atomic E-state index is -0.370. The molecule has 0 aromatic heterocycles. The summed E-state index contributed by atoms with van der Waals surface area (Å²) in [6.07, 6.45) is 2.80. The number of nitrogens with zero attached hydrogens (tertiary/aromatic N) is 1. The Bertz CT molecular complexity index is 411. The molecule has 1 N–H and O–H groups in total. The van der Waals surface area contributed by atoms with E-state index < -0.39 is 0 Å². The van der Waals surface area contributed by atoms with Crippen molar-refractivity contribution in [1.82, 2.24) is 0 Å². The largest absolute Gasteiger partial charge is 0.393 e. The predicted octanol–water partition coefficient (Wildman–Crippen LogP) is 2.69. The predicted molar refractivity (Wildman–Crippen MR) is 62.9 cm³/mol. The molecule has 0 heterocycles. The second kappa shape index (κ2) is 4.27. The first kappa shape index (κ1) is 11.2. The van der Waals surface area contributed by atoms with Crippen LogP contribution in [0.15, 0.2) is 24.3 Å². The number of hydrogen-bond donors (Lipinski definition) is 1. The third-order valence-corrected chi connectivity index (χ3v) is 3.59. The third kappa shape index (κ3) is 1.96. The molecule has 2 rings (SSSR count). The van der Waals surface area contributed by atoms with Gasteiger partial charge >= 0.3 is 0 Å². The van der Waals surface area contributed by atoms with Crippen molar-refractivity contribution in [2.45, 2.75) is 44.1 Å². The Kier molecular flexibility index (Phi) is 2.98. The van der Waals surface area contributed by atoms with Crippen molar-refractivity contribution >= 4 is 0 Å². The van der Waals surface area contributed by atoms with Gasteiger partial charge in [0, 0.05) is 0 Å². The highest BCUT2D eigenvalue weighted by Gasteiger charge is 2.36. The van der Waals surface area contributed by atoms with Gasteiger partial charge in [0.25, 0.3) is 0 Å². The average molecular weight is 215 g/mol. The van der Waals surface area contributed by atoms with Gasteiger partial charge in [-0.05, 0) is 38.2 Å². The number of nitriles is 1. The van der Waals surface area contributed by atoms with E-state index in [-0.39, 0.29) is 11.5 Å². The van der Waals surface area contributed by atoms with Gasteiger partial charge in [-0.25, -0.2) is 0 Å². The zero-order valence-electron chi connectivity index (χ0n) is 9.61. The van der Waals surface area contributed by atoms with Crippen LogP contribution in [0.1, 0.15) is 36.8 Å². The lowest BCUT2D eigenvalue weighted by Crippen LogP contribution is -2.32. The Morgan fingerprint density at radius 1 is 1.38 bits per heavy atom. The molecule has 1 fully saturated rings. The van der Waals surface area contributed by atoms with Crippen molar-refractivity contribution in [3.8, 4) is 6.07 Å². The molecule has 2 heteroatoms. The summed E-state index contributed by atoms with van der Waals surface area (Å²) < 4.78 is 0. The first-order chi connectivity index (χ1) is 7.66. The van der Waals surface area contributed by atoms with Crippen molar-refractivity contribution < 1.29 is 5.11 Å². The molecule has 0 unspecified atom stereocenters. The van der Waals surface area contributed by atoms with E-state index in [2.05, 4.69) is 12.1 Å².